The monoisotopic (exact) mass is 509 g/mol. The molecular weight excluding hydrogens is 478 g/mol. The first-order valence-corrected chi connectivity index (χ1v) is 12.8. The van der Waals surface area contributed by atoms with Gasteiger partial charge < -0.3 is 24.8 Å². The average molecular weight is 510 g/mol. The van der Waals surface area contributed by atoms with Crippen molar-refractivity contribution in [2.75, 3.05) is 14.2 Å². The maximum atomic E-state index is 13.0. The van der Waals surface area contributed by atoms with Gasteiger partial charge in [-0.3, -0.25) is 9.59 Å². The van der Waals surface area contributed by atoms with Gasteiger partial charge in [0.25, 0.3) is 11.8 Å². The third-order valence-corrected chi connectivity index (χ3v) is 7.00. The second-order valence-electron chi connectivity index (χ2n) is 8.77. The van der Waals surface area contributed by atoms with E-state index in [1.807, 2.05) is 31.2 Å². The molecule has 0 spiro atoms. The van der Waals surface area contributed by atoms with E-state index in [-0.39, 0.29) is 23.9 Å². The van der Waals surface area contributed by atoms with Crippen LogP contribution in [0.2, 0.25) is 0 Å². The van der Waals surface area contributed by atoms with Gasteiger partial charge in [-0.1, -0.05) is 30.5 Å². The van der Waals surface area contributed by atoms with Crippen molar-refractivity contribution in [3.8, 4) is 17.2 Å². The van der Waals surface area contributed by atoms with Crippen LogP contribution in [0.4, 0.5) is 0 Å². The van der Waals surface area contributed by atoms with Crippen molar-refractivity contribution in [2.24, 2.45) is 0 Å². The lowest BCUT2D eigenvalue weighted by atomic mass is 9.90. The number of methoxy groups -OCH3 is 2. The molecule has 36 heavy (non-hydrogen) atoms. The number of carbonyl (C=O) groups excluding carboxylic acids is 2. The molecule has 1 fully saturated rings. The van der Waals surface area contributed by atoms with Gasteiger partial charge in [0, 0.05) is 29.1 Å². The van der Waals surface area contributed by atoms with E-state index in [2.05, 4.69) is 15.6 Å². The van der Waals surface area contributed by atoms with E-state index < -0.39 is 0 Å². The molecule has 1 heterocycles. The highest BCUT2D eigenvalue weighted by molar-refractivity contribution is 7.09. The van der Waals surface area contributed by atoms with E-state index in [1.54, 1.807) is 37.8 Å². The smallest absolute Gasteiger partial charge is 0.271 e. The number of aryl methyl sites for hydroxylation is 1. The average Bonchev–Trinajstić information content (AvgIpc) is 3.38. The highest BCUT2D eigenvalue weighted by Gasteiger charge is 2.29. The first-order valence-electron chi connectivity index (χ1n) is 11.9. The molecule has 0 aliphatic heterocycles. The van der Waals surface area contributed by atoms with Crippen molar-refractivity contribution in [1.29, 1.82) is 0 Å². The van der Waals surface area contributed by atoms with Gasteiger partial charge in [0.1, 0.15) is 34.6 Å². The molecule has 4 rings (SSSR count). The summed E-state index contributed by atoms with van der Waals surface area (Å²) in [5.41, 5.74) is 1.96. The van der Waals surface area contributed by atoms with Crippen LogP contribution in [0.1, 0.15) is 57.1 Å². The SMILES string of the molecule is COc1cc(OC)cc(C(=O)NC2CCCCC2NC(=O)c2csc(COc3ccc(C)cc3)n2)c1. The van der Waals surface area contributed by atoms with E-state index in [0.29, 0.717) is 29.4 Å². The molecule has 0 saturated heterocycles. The molecule has 9 heteroatoms. The Labute approximate surface area is 215 Å². The normalized spacial score (nSPS) is 17.2. The summed E-state index contributed by atoms with van der Waals surface area (Å²) in [5.74, 6) is 1.36. The van der Waals surface area contributed by atoms with Crippen molar-refractivity contribution < 1.29 is 23.8 Å². The zero-order chi connectivity index (χ0) is 25.5. The predicted molar refractivity (Wildman–Crippen MR) is 138 cm³/mol. The molecule has 1 aromatic heterocycles. The maximum Gasteiger partial charge on any atom is 0.271 e. The summed E-state index contributed by atoms with van der Waals surface area (Å²) in [6.45, 7) is 2.32. The Morgan fingerprint density at radius 3 is 2.14 bits per heavy atom. The van der Waals surface area contributed by atoms with Gasteiger partial charge in [-0.25, -0.2) is 4.98 Å². The summed E-state index contributed by atoms with van der Waals surface area (Å²) >= 11 is 1.39. The summed E-state index contributed by atoms with van der Waals surface area (Å²) in [6.07, 6.45) is 3.53. The van der Waals surface area contributed by atoms with E-state index in [4.69, 9.17) is 14.2 Å². The Morgan fingerprint density at radius 2 is 1.53 bits per heavy atom. The van der Waals surface area contributed by atoms with Crippen molar-refractivity contribution in [3.05, 3.63) is 69.7 Å². The number of benzene rings is 2. The van der Waals surface area contributed by atoms with Crippen LogP contribution in [0.15, 0.2) is 47.8 Å². The number of nitrogens with zero attached hydrogens (tertiary/aromatic N) is 1. The Hall–Kier alpha value is -3.59. The molecule has 8 nitrogen and oxygen atoms in total. The first-order chi connectivity index (χ1) is 17.4. The van der Waals surface area contributed by atoms with Crippen LogP contribution >= 0.6 is 11.3 Å². The van der Waals surface area contributed by atoms with Crippen LogP contribution in [-0.4, -0.2) is 43.1 Å². The van der Waals surface area contributed by atoms with Crippen molar-refractivity contribution in [1.82, 2.24) is 15.6 Å². The van der Waals surface area contributed by atoms with Gasteiger partial charge in [-0.2, -0.15) is 0 Å². The van der Waals surface area contributed by atoms with E-state index in [9.17, 15) is 9.59 Å². The molecule has 1 aliphatic rings. The number of thiazole rings is 1. The molecule has 0 bridgehead atoms. The molecule has 1 saturated carbocycles. The van der Waals surface area contributed by atoms with Gasteiger partial charge in [-0.15, -0.1) is 11.3 Å². The van der Waals surface area contributed by atoms with E-state index in [0.717, 1.165) is 42.0 Å². The second-order valence-corrected chi connectivity index (χ2v) is 9.72. The third kappa shape index (κ3) is 6.54. The van der Waals surface area contributed by atoms with Gasteiger partial charge in [0.05, 0.1) is 14.2 Å². The van der Waals surface area contributed by atoms with Crippen LogP contribution in [0.25, 0.3) is 0 Å². The Bertz CT molecular complexity index is 1170. The zero-order valence-electron chi connectivity index (χ0n) is 20.7. The molecule has 3 aromatic rings. The highest BCUT2D eigenvalue weighted by Crippen LogP contribution is 2.24. The number of nitrogens with one attached hydrogen (secondary N) is 2. The van der Waals surface area contributed by atoms with E-state index >= 15 is 0 Å². The Kier molecular flexibility index (Phi) is 8.43. The second kappa shape index (κ2) is 11.9. The largest absolute Gasteiger partial charge is 0.497 e. The van der Waals surface area contributed by atoms with Crippen LogP contribution < -0.4 is 24.8 Å². The number of ether oxygens (including phenoxy) is 3. The predicted octanol–water partition coefficient (Wildman–Crippen LogP) is 4.52. The van der Waals surface area contributed by atoms with Gasteiger partial charge in [-0.05, 0) is 44.0 Å². The lowest BCUT2D eigenvalue weighted by Crippen LogP contribution is -2.53. The van der Waals surface area contributed by atoms with Crippen LogP contribution in [0.5, 0.6) is 17.2 Å². The Morgan fingerprint density at radius 1 is 0.917 bits per heavy atom. The molecule has 2 N–H and O–H groups in total. The summed E-state index contributed by atoms with van der Waals surface area (Å²) in [6, 6.07) is 12.5. The number of hydrogen-bond acceptors (Lipinski definition) is 7. The standard InChI is InChI=1S/C27H31N3O5S/c1-17-8-10-19(11-9-17)35-15-25-28-24(16-36-25)27(32)30-23-7-5-4-6-22(23)29-26(31)18-12-20(33-2)14-21(13-18)34-3/h8-14,16,22-23H,4-7,15H2,1-3H3,(H,29,31)(H,30,32). The molecule has 0 radical (unpaired) electrons. The number of aromatic nitrogens is 1. The van der Waals surface area contributed by atoms with Gasteiger partial charge in [0.15, 0.2) is 0 Å². The molecule has 1 aliphatic carbocycles. The fourth-order valence-corrected chi connectivity index (χ4v) is 4.86. The van der Waals surface area contributed by atoms with Crippen LogP contribution in [0.3, 0.4) is 0 Å². The number of carbonyl (C=O) groups is 2. The lowest BCUT2D eigenvalue weighted by molar-refractivity contribution is 0.0860. The van der Waals surface area contributed by atoms with Crippen LogP contribution in [0, 0.1) is 6.92 Å². The minimum atomic E-state index is -0.248. The van der Waals surface area contributed by atoms with Gasteiger partial charge >= 0.3 is 0 Å². The summed E-state index contributed by atoms with van der Waals surface area (Å²) in [4.78, 5) is 30.4. The zero-order valence-corrected chi connectivity index (χ0v) is 21.5. The first kappa shape index (κ1) is 25.5. The molecule has 2 atom stereocenters. The Balaban J connectivity index is 1.36. The van der Waals surface area contributed by atoms with Crippen molar-refractivity contribution in [3.63, 3.8) is 0 Å². The summed E-state index contributed by atoms with van der Waals surface area (Å²) in [7, 11) is 3.09. The van der Waals surface area contributed by atoms with E-state index in [1.165, 1.54) is 11.3 Å². The minimum absolute atomic E-state index is 0.184. The fraction of sp³-hybridized carbons (Fsp3) is 0.370. The van der Waals surface area contributed by atoms with Crippen molar-refractivity contribution >= 4 is 23.2 Å². The maximum absolute atomic E-state index is 13.0. The molecular formula is C27H31N3O5S. The quantitative estimate of drug-likeness (QED) is 0.440. The van der Waals surface area contributed by atoms with Gasteiger partial charge in [0.2, 0.25) is 0 Å². The topological polar surface area (TPSA) is 98.8 Å². The fourth-order valence-electron chi connectivity index (χ4n) is 4.17. The number of amides is 2. The molecule has 2 aromatic carbocycles. The summed E-state index contributed by atoms with van der Waals surface area (Å²) in [5, 5.41) is 8.63. The third-order valence-electron chi connectivity index (χ3n) is 6.18. The number of hydrogen-bond donors (Lipinski definition) is 2. The molecule has 190 valence electrons. The minimum Gasteiger partial charge on any atom is -0.497 e. The number of rotatable bonds is 9. The molecule has 2 unspecified atom stereocenters. The molecule has 2 amide bonds. The summed E-state index contributed by atoms with van der Waals surface area (Å²) < 4.78 is 16.3. The van der Waals surface area contributed by atoms with Crippen LogP contribution in [-0.2, 0) is 6.61 Å². The van der Waals surface area contributed by atoms with Crippen molar-refractivity contribution in [2.45, 2.75) is 51.3 Å². The lowest BCUT2D eigenvalue weighted by Gasteiger charge is -2.32. The highest BCUT2D eigenvalue weighted by atomic mass is 32.1.